The molecular formula is C19H26BrNO2. The van der Waals surface area contributed by atoms with Crippen LogP contribution in [0.1, 0.15) is 52.1 Å². The maximum atomic E-state index is 12.6. The van der Waals surface area contributed by atoms with Crippen molar-refractivity contribution in [3.8, 4) is 0 Å². The first-order valence-electron chi connectivity index (χ1n) is 8.14. The first kappa shape index (κ1) is 18.1. The number of rotatable bonds is 5. The van der Waals surface area contributed by atoms with E-state index in [0.29, 0.717) is 6.54 Å². The Morgan fingerprint density at radius 2 is 1.96 bits per heavy atom. The summed E-state index contributed by atoms with van der Waals surface area (Å²) in [5.74, 6) is 0.272. The molecular weight excluding hydrogens is 354 g/mol. The van der Waals surface area contributed by atoms with Crippen molar-refractivity contribution < 1.29 is 9.53 Å². The molecule has 1 aliphatic rings. The third-order valence-electron chi connectivity index (χ3n) is 4.77. The highest BCUT2D eigenvalue weighted by atomic mass is 79.9. The lowest BCUT2D eigenvalue weighted by Gasteiger charge is -2.45. The van der Waals surface area contributed by atoms with E-state index in [1.54, 1.807) is 0 Å². The van der Waals surface area contributed by atoms with Gasteiger partial charge in [0.2, 0.25) is 0 Å². The molecule has 0 saturated carbocycles. The zero-order valence-corrected chi connectivity index (χ0v) is 16.0. The van der Waals surface area contributed by atoms with Gasteiger partial charge in [0.25, 0.3) is 0 Å². The molecule has 126 valence electrons. The van der Waals surface area contributed by atoms with Gasteiger partial charge in [-0.15, -0.1) is 0 Å². The number of benzene rings is 1. The van der Waals surface area contributed by atoms with Gasteiger partial charge in [-0.2, -0.15) is 0 Å². The SMILES string of the molecule is C=C(C)CC1(C(C)C)CCN([C@@H](C)c2ccc(Br)cc2)C(=O)O1. The zero-order chi connectivity index (χ0) is 17.2. The molecule has 1 saturated heterocycles. The van der Waals surface area contributed by atoms with Crippen LogP contribution in [0.15, 0.2) is 40.9 Å². The molecule has 0 aromatic heterocycles. The Morgan fingerprint density at radius 3 is 2.43 bits per heavy atom. The Labute approximate surface area is 147 Å². The lowest BCUT2D eigenvalue weighted by molar-refractivity contribution is -0.0819. The van der Waals surface area contributed by atoms with Crippen LogP contribution in [0.3, 0.4) is 0 Å². The first-order valence-corrected chi connectivity index (χ1v) is 8.94. The first-order chi connectivity index (χ1) is 10.7. The molecule has 0 radical (unpaired) electrons. The third-order valence-corrected chi connectivity index (χ3v) is 5.30. The summed E-state index contributed by atoms with van der Waals surface area (Å²) in [7, 11) is 0. The molecule has 3 nitrogen and oxygen atoms in total. The number of halogens is 1. The van der Waals surface area contributed by atoms with Gasteiger partial charge in [0, 0.05) is 23.9 Å². The van der Waals surface area contributed by atoms with Crippen LogP contribution in [0.4, 0.5) is 4.79 Å². The molecule has 23 heavy (non-hydrogen) atoms. The number of carbonyl (C=O) groups is 1. The minimum atomic E-state index is -0.418. The van der Waals surface area contributed by atoms with Gasteiger partial charge in [0.15, 0.2) is 0 Å². The molecule has 0 N–H and O–H groups in total. The smallest absolute Gasteiger partial charge is 0.410 e. The number of cyclic esters (lactones) is 1. The minimum absolute atomic E-state index is 0.00518. The molecule has 1 aliphatic heterocycles. The fraction of sp³-hybridized carbons (Fsp3) is 0.526. The standard InChI is InChI=1S/C19H26BrNO2/c1-13(2)12-19(14(3)4)10-11-21(18(22)23-19)15(5)16-6-8-17(20)9-7-16/h6-9,14-15H,1,10-12H2,2-5H3/t15-,19?/m0/s1. The normalized spacial score (nSPS) is 22.9. The maximum absolute atomic E-state index is 12.6. The van der Waals surface area contributed by atoms with Crippen molar-refractivity contribution in [1.82, 2.24) is 4.90 Å². The summed E-state index contributed by atoms with van der Waals surface area (Å²) >= 11 is 3.44. The summed E-state index contributed by atoms with van der Waals surface area (Å²) in [4.78, 5) is 14.5. The predicted octanol–water partition coefficient (Wildman–Crippen LogP) is 5.71. The molecule has 2 atom stereocenters. The molecule has 1 amide bonds. The molecule has 1 unspecified atom stereocenters. The van der Waals surface area contributed by atoms with Crippen LogP contribution >= 0.6 is 15.9 Å². The Hall–Kier alpha value is -1.29. The largest absolute Gasteiger partial charge is 0.442 e. The molecule has 2 rings (SSSR count). The van der Waals surface area contributed by atoms with Crippen molar-refractivity contribution in [2.45, 2.75) is 52.2 Å². The fourth-order valence-corrected chi connectivity index (χ4v) is 3.47. The van der Waals surface area contributed by atoms with Gasteiger partial charge in [0.05, 0.1) is 6.04 Å². The fourth-order valence-electron chi connectivity index (χ4n) is 3.20. The summed E-state index contributed by atoms with van der Waals surface area (Å²) in [6.45, 7) is 13.0. The molecule has 1 heterocycles. The Balaban J connectivity index is 2.15. The van der Waals surface area contributed by atoms with Gasteiger partial charge in [-0.1, -0.05) is 54.1 Å². The predicted molar refractivity (Wildman–Crippen MR) is 97.4 cm³/mol. The Bertz CT molecular complexity index is 582. The van der Waals surface area contributed by atoms with Crippen LogP contribution in [0.5, 0.6) is 0 Å². The summed E-state index contributed by atoms with van der Waals surface area (Å²) in [5.41, 5.74) is 1.75. The Kier molecular flexibility index (Phi) is 5.56. The van der Waals surface area contributed by atoms with Crippen molar-refractivity contribution in [3.05, 3.63) is 46.5 Å². The zero-order valence-electron chi connectivity index (χ0n) is 14.4. The van der Waals surface area contributed by atoms with E-state index in [0.717, 1.165) is 28.5 Å². The summed E-state index contributed by atoms with van der Waals surface area (Å²) < 4.78 is 6.98. The second kappa shape index (κ2) is 7.08. The van der Waals surface area contributed by atoms with Crippen LogP contribution < -0.4 is 0 Å². The summed E-state index contributed by atoms with van der Waals surface area (Å²) in [6.07, 6.45) is 1.35. The second-order valence-corrected chi connectivity index (χ2v) is 7.81. The van der Waals surface area contributed by atoms with Gasteiger partial charge in [-0.25, -0.2) is 4.79 Å². The van der Waals surface area contributed by atoms with Crippen LogP contribution in [0, 0.1) is 5.92 Å². The second-order valence-electron chi connectivity index (χ2n) is 6.89. The van der Waals surface area contributed by atoms with E-state index in [-0.39, 0.29) is 18.1 Å². The Morgan fingerprint density at radius 1 is 1.35 bits per heavy atom. The van der Waals surface area contributed by atoms with E-state index in [9.17, 15) is 4.79 Å². The van der Waals surface area contributed by atoms with Crippen molar-refractivity contribution >= 4 is 22.0 Å². The van der Waals surface area contributed by atoms with Crippen molar-refractivity contribution in [2.24, 2.45) is 5.92 Å². The number of nitrogens with zero attached hydrogens (tertiary/aromatic N) is 1. The average Bonchev–Trinajstić information content (AvgIpc) is 2.46. The quantitative estimate of drug-likeness (QED) is 0.612. The van der Waals surface area contributed by atoms with E-state index >= 15 is 0 Å². The third kappa shape index (κ3) is 3.97. The highest BCUT2D eigenvalue weighted by Crippen LogP contribution is 2.38. The van der Waals surface area contributed by atoms with Gasteiger partial charge in [-0.05, 0) is 37.5 Å². The van der Waals surface area contributed by atoms with E-state index < -0.39 is 5.60 Å². The average molecular weight is 380 g/mol. The van der Waals surface area contributed by atoms with E-state index in [1.165, 1.54) is 0 Å². The highest BCUT2D eigenvalue weighted by molar-refractivity contribution is 9.10. The van der Waals surface area contributed by atoms with Crippen LogP contribution in [-0.2, 0) is 4.74 Å². The van der Waals surface area contributed by atoms with Crippen molar-refractivity contribution in [3.63, 3.8) is 0 Å². The topological polar surface area (TPSA) is 29.5 Å². The van der Waals surface area contributed by atoms with Crippen LogP contribution in [0.2, 0.25) is 0 Å². The molecule has 4 heteroatoms. The maximum Gasteiger partial charge on any atom is 0.410 e. The summed E-state index contributed by atoms with van der Waals surface area (Å²) in [5, 5.41) is 0. The van der Waals surface area contributed by atoms with E-state index in [1.807, 2.05) is 43.0 Å². The highest BCUT2D eigenvalue weighted by Gasteiger charge is 2.44. The number of amides is 1. The summed E-state index contributed by atoms with van der Waals surface area (Å²) in [6, 6.07) is 8.09. The van der Waals surface area contributed by atoms with E-state index in [4.69, 9.17) is 4.74 Å². The lowest BCUT2D eigenvalue weighted by atomic mass is 9.80. The molecule has 1 fully saturated rings. The number of hydrogen-bond donors (Lipinski definition) is 0. The van der Waals surface area contributed by atoms with Crippen LogP contribution in [0.25, 0.3) is 0 Å². The van der Waals surface area contributed by atoms with E-state index in [2.05, 4.69) is 36.4 Å². The van der Waals surface area contributed by atoms with Crippen molar-refractivity contribution in [1.29, 1.82) is 0 Å². The lowest BCUT2D eigenvalue weighted by Crippen LogP contribution is -2.52. The monoisotopic (exact) mass is 379 g/mol. The molecule has 0 aliphatic carbocycles. The van der Waals surface area contributed by atoms with Crippen molar-refractivity contribution in [2.75, 3.05) is 6.54 Å². The molecule has 0 spiro atoms. The molecule has 1 aromatic rings. The van der Waals surface area contributed by atoms with Gasteiger partial charge in [-0.3, -0.25) is 0 Å². The minimum Gasteiger partial charge on any atom is -0.442 e. The molecule has 0 bridgehead atoms. The van der Waals surface area contributed by atoms with Gasteiger partial charge in [0.1, 0.15) is 5.60 Å². The van der Waals surface area contributed by atoms with Crippen LogP contribution in [-0.4, -0.2) is 23.1 Å². The van der Waals surface area contributed by atoms with Gasteiger partial charge >= 0.3 is 6.09 Å². The van der Waals surface area contributed by atoms with Gasteiger partial charge < -0.3 is 9.64 Å². The molecule has 1 aromatic carbocycles. The number of ether oxygens (including phenoxy) is 1. The number of carbonyl (C=O) groups excluding carboxylic acids is 1. The number of hydrogen-bond acceptors (Lipinski definition) is 2.